The van der Waals surface area contributed by atoms with Crippen molar-refractivity contribution in [3.8, 4) is 0 Å². The molecule has 0 spiro atoms. The number of rotatable bonds is 1. The van der Waals surface area contributed by atoms with Gasteiger partial charge in [0.05, 0.1) is 0 Å². The largest absolute Gasteiger partial charge is 0.366 e. The fourth-order valence-electron chi connectivity index (χ4n) is 1.74. The summed E-state index contributed by atoms with van der Waals surface area (Å²) in [6, 6.07) is 5.51. The van der Waals surface area contributed by atoms with Gasteiger partial charge < -0.3 is 10.3 Å². The normalized spacial score (nSPS) is 10.7. The van der Waals surface area contributed by atoms with Gasteiger partial charge in [0.15, 0.2) is 0 Å². The minimum absolute atomic E-state index is 0.379. The Morgan fingerprint density at radius 3 is 2.79 bits per heavy atom. The lowest BCUT2D eigenvalue weighted by atomic mass is 10.1. The molecule has 2 N–H and O–H groups in total. The van der Waals surface area contributed by atoms with Crippen molar-refractivity contribution in [2.24, 2.45) is 12.8 Å². The Balaban J connectivity index is 2.77. The molecule has 0 radical (unpaired) electrons. The van der Waals surface area contributed by atoms with Crippen molar-refractivity contribution < 1.29 is 4.79 Å². The highest BCUT2D eigenvalue weighted by Crippen LogP contribution is 2.20. The molecule has 3 nitrogen and oxygen atoms in total. The molecule has 1 aromatic carbocycles. The summed E-state index contributed by atoms with van der Waals surface area (Å²) in [6.07, 6.45) is 2.04. The van der Waals surface area contributed by atoms with Crippen molar-refractivity contribution >= 4 is 16.8 Å². The van der Waals surface area contributed by atoms with E-state index in [1.165, 1.54) is 0 Å². The Labute approximate surface area is 82.1 Å². The van der Waals surface area contributed by atoms with Crippen LogP contribution in [0.4, 0.5) is 0 Å². The number of carbonyl (C=O) groups is 1. The number of hydrogen-bond donors (Lipinski definition) is 1. The maximum absolute atomic E-state index is 11.0. The molecule has 0 fully saturated rings. The molecular formula is C11H12N2O. The third-order valence-electron chi connectivity index (χ3n) is 2.47. The van der Waals surface area contributed by atoms with E-state index in [4.69, 9.17) is 5.73 Å². The summed E-state index contributed by atoms with van der Waals surface area (Å²) < 4.78 is 2.04. The number of primary amides is 1. The number of fused-ring (bicyclic) bond motifs is 1. The quantitative estimate of drug-likeness (QED) is 0.725. The van der Waals surface area contributed by atoms with Gasteiger partial charge in [0, 0.05) is 29.7 Å². The molecule has 72 valence electrons. The molecule has 2 rings (SSSR count). The van der Waals surface area contributed by atoms with Gasteiger partial charge in [-0.2, -0.15) is 0 Å². The van der Waals surface area contributed by atoms with Crippen LogP contribution in [-0.4, -0.2) is 10.5 Å². The molecule has 0 saturated heterocycles. The summed E-state index contributed by atoms with van der Waals surface area (Å²) >= 11 is 0. The lowest BCUT2D eigenvalue weighted by molar-refractivity contribution is 0.100. The minimum Gasteiger partial charge on any atom is -0.366 e. The number of benzene rings is 1. The fourth-order valence-corrected chi connectivity index (χ4v) is 1.74. The number of aryl methyl sites for hydroxylation is 2. The van der Waals surface area contributed by atoms with Gasteiger partial charge in [-0.05, 0) is 30.7 Å². The van der Waals surface area contributed by atoms with Gasteiger partial charge in [-0.15, -0.1) is 0 Å². The summed E-state index contributed by atoms with van der Waals surface area (Å²) in [6.45, 7) is 2.02. The van der Waals surface area contributed by atoms with E-state index in [0.29, 0.717) is 5.56 Å². The Morgan fingerprint density at radius 1 is 1.43 bits per heavy atom. The van der Waals surface area contributed by atoms with Gasteiger partial charge in [-0.1, -0.05) is 0 Å². The summed E-state index contributed by atoms with van der Waals surface area (Å²) in [5.74, 6) is -0.379. The fraction of sp³-hybridized carbons (Fsp3) is 0.182. The SMILES string of the molecule is Cc1cn(C)c2ccc(C(N)=O)cc12. The number of nitrogens with zero attached hydrogens (tertiary/aromatic N) is 1. The van der Waals surface area contributed by atoms with Crippen LogP contribution in [0.2, 0.25) is 0 Å². The zero-order valence-electron chi connectivity index (χ0n) is 8.24. The maximum atomic E-state index is 11.0. The van der Waals surface area contributed by atoms with E-state index in [2.05, 4.69) is 0 Å². The molecule has 0 atom stereocenters. The maximum Gasteiger partial charge on any atom is 0.248 e. The number of nitrogens with two attached hydrogens (primary N) is 1. The number of amides is 1. The van der Waals surface area contributed by atoms with Crippen LogP contribution in [-0.2, 0) is 7.05 Å². The van der Waals surface area contributed by atoms with Gasteiger partial charge in [0.1, 0.15) is 0 Å². The molecule has 14 heavy (non-hydrogen) atoms. The van der Waals surface area contributed by atoms with Crippen LogP contribution in [0.3, 0.4) is 0 Å². The Morgan fingerprint density at radius 2 is 2.14 bits per heavy atom. The molecule has 1 heterocycles. The second kappa shape index (κ2) is 2.87. The van der Waals surface area contributed by atoms with Crippen LogP contribution >= 0.6 is 0 Å². The van der Waals surface area contributed by atoms with Crippen molar-refractivity contribution in [2.75, 3.05) is 0 Å². The second-order valence-electron chi connectivity index (χ2n) is 3.52. The molecular weight excluding hydrogens is 176 g/mol. The van der Waals surface area contributed by atoms with E-state index in [1.54, 1.807) is 6.07 Å². The summed E-state index contributed by atoms with van der Waals surface area (Å²) in [7, 11) is 1.99. The highest BCUT2D eigenvalue weighted by atomic mass is 16.1. The van der Waals surface area contributed by atoms with Crippen LogP contribution in [0.25, 0.3) is 10.9 Å². The average molecular weight is 188 g/mol. The molecule has 0 bridgehead atoms. The van der Waals surface area contributed by atoms with Gasteiger partial charge in [-0.3, -0.25) is 4.79 Å². The van der Waals surface area contributed by atoms with Gasteiger partial charge in [-0.25, -0.2) is 0 Å². The zero-order chi connectivity index (χ0) is 10.3. The highest BCUT2D eigenvalue weighted by Gasteiger charge is 2.06. The molecule has 0 unspecified atom stereocenters. The van der Waals surface area contributed by atoms with Crippen LogP contribution in [0.15, 0.2) is 24.4 Å². The lowest BCUT2D eigenvalue weighted by Gasteiger charge is -1.98. The average Bonchev–Trinajstić information content (AvgIpc) is 2.42. The number of hydrogen-bond acceptors (Lipinski definition) is 1. The van der Waals surface area contributed by atoms with Crippen molar-refractivity contribution in [1.29, 1.82) is 0 Å². The van der Waals surface area contributed by atoms with Crippen molar-refractivity contribution in [1.82, 2.24) is 4.57 Å². The highest BCUT2D eigenvalue weighted by molar-refractivity contribution is 5.97. The van der Waals surface area contributed by atoms with Crippen LogP contribution in [0, 0.1) is 6.92 Å². The van der Waals surface area contributed by atoms with Crippen molar-refractivity contribution in [3.63, 3.8) is 0 Å². The van der Waals surface area contributed by atoms with E-state index < -0.39 is 0 Å². The van der Waals surface area contributed by atoms with E-state index in [1.807, 2.05) is 36.9 Å². The predicted molar refractivity (Wildman–Crippen MR) is 56.2 cm³/mol. The first-order valence-corrected chi connectivity index (χ1v) is 4.45. The molecule has 0 aliphatic heterocycles. The lowest BCUT2D eigenvalue weighted by Crippen LogP contribution is -2.10. The summed E-state index contributed by atoms with van der Waals surface area (Å²) in [5, 5.41) is 1.09. The van der Waals surface area contributed by atoms with Crippen LogP contribution in [0.5, 0.6) is 0 Å². The third-order valence-corrected chi connectivity index (χ3v) is 2.47. The summed E-state index contributed by atoms with van der Waals surface area (Å²) in [5.41, 5.74) is 8.05. The van der Waals surface area contributed by atoms with Crippen molar-refractivity contribution in [3.05, 3.63) is 35.5 Å². The molecule has 2 aromatic rings. The monoisotopic (exact) mass is 188 g/mol. The second-order valence-corrected chi connectivity index (χ2v) is 3.52. The van der Waals surface area contributed by atoms with E-state index in [0.717, 1.165) is 16.5 Å². The van der Waals surface area contributed by atoms with Gasteiger partial charge in [0.25, 0.3) is 0 Å². The standard InChI is InChI=1S/C11H12N2O/c1-7-6-13(2)10-4-3-8(11(12)14)5-9(7)10/h3-6H,1-2H3,(H2,12,14). The number of carbonyl (C=O) groups excluding carboxylic acids is 1. The van der Waals surface area contributed by atoms with Crippen LogP contribution < -0.4 is 5.73 Å². The third kappa shape index (κ3) is 1.18. The first-order valence-electron chi connectivity index (χ1n) is 4.45. The van der Waals surface area contributed by atoms with E-state index >= 15 is 0 Å². The molecule has 3 heteroatoms. The smallest absolute Gasteiger partial charge is 0.248 e. The first kappa shape index (κ1) is 8.81. The van der Waals surface area contributed by atoms with Gasteiger partial charge >= 0.3 is 0 Å². The Kier molecular flexibility index (Phi) is 1.81. The number of aromatic nitrogens is 1. The van der Waals surface area contributed by atoms with Crippen molar-refractivity contribution in [2.45, 2.75) is 6.92 Å². The predicted octanol–water partition coefficient (Wildman–Crippen LogP) is 1.59. The molecule has 0 aliphatic rings. The summed E-state index contributed by atoms with van der Waals surface area (Å²) in [4.78, 5) is 11.0. The minimum atomic E-state index is -0.379. The topological polar surface area (TPSA) is 48.0 Å². The molecule has 0 saturated carbocycles. The zero-order valence-corrected chi connectivity index (χ0v) is 8.24. The van der Waals surface area contributed by atoms with E-state index in [-0.39, 0.29) is 5.91 Å². The van der Waals surface area contributed by atoms with Gasteiger partial charge in [0.2, 0.25) is 5.91 Å². The van der Waals surface area contributed by atoms with E-state index in [9.17, 15) is 4.79 Å². The Hall–Kier alpha value is -1.77. The molecule has 0 aliphatic carbocycles. The molecule has 1 amide bonds. The molecule has 1 aromatic heterocycles. The first-order chi connectivity index (χ1) is 6.59. The van der Waals surface area contributed by atoms with Crippen LogP contribution in [0.1, 0.15) is 15.9 Å². The Bertz CT molecular complexity index is 511.